The largest absolute Gasteiger partial charge is 0.491 e. The fourth-order valence-corrected chi connectivity index (χ4v) is 6.33. The van der Waals surface area contributed by atoms with E-state index in [1.54, 1.807) is 36.4 Å². The van der Waals surface area contributed by atoms with Gasteiger partial charge in [-0.3, -0.25) is 9.59 Å². The van der Waals surface area contributed by atoms with Crippen molar-refractivity contribution in [3.63, 3.8) is 0 Å². The molecule has 0 saturated heterocycles. The van der Waals surface area contributed by atoms with Gasteiger partial charge in [-0.1, -0.05) is 24.3 Å². The Morgan fingerprint density at radius 1 is 0.216 bits per heavy atom. The number of ether oxygens (including phenoxy) is 16. The second-order valence-electron chi connectivity index (χ2n) is 15.4. The number of benzene rings is 5. The molecule has 74 heavy (non-hydrogen) atoms. The van der Waals surface area contributed by atoms with Gasteiger partial charge in [-0.05, 0) is 97.1 Å². The highest BCUT2D eigenvalue weighted by Crippen LogP contribution is 2.21. The molecular weight excluding hydrogens is 961 g/mol. The molecule has 0 amide bonds. The number of hydrogen-bond donors (Lipinski definition) is 0. The summed E-state index contributed by atoms with van der Waals surface area (Å²) in [5, 5.41) is 0. The van der Waals surface area contributed by atoms with E-state index < -0.39 is 0 Å². The van der Waals surface area contributed by atoms with Crippen molar-refractivity contribution in [2.75, 3.05) is 159 Å². The summed E-state index contributed by atoms with van der Waals surface area (Å²) in [6, 6.07) is 36.3. The molecule has 0 N–H and O–H groups in total. The fourth-order valence-electron chi connectivity index (χ4n) is 6.33. The van der Waals surface area contributed by atoms with Crippen LogP contribution in [0.1, 0.15) is 20.7 Å². The fraction of sp³-hybridized carbons (Fsp3) is 0.429. The molecule has 0 spiro atoms. The lowest BCUT2D eigenvalue weighted by atomic mass is 10.2. The van der Waals surface area contributed by atoms with Crippen LogP contribution in [0.2, 0.25) is 0 Å². The van der Waals surface area contributed by atoms with E-state index in [2.05, 4.69) is 0 Å². The van der Waals surface area contributed by atoms with Gasteiger partial charge in [-0.15, -0.1) is 0 Å². The molecule has 0 saturated carbocycles. The molecule has 18 nitrogen and oxygen atoms in total. The minimum Gasteiger partial charge on any atom is -0.491 e. The summed E-state index contributed by atoms with van der Waals surface area (Å²) in [5.74, 6) is 5.40. The Morgan fingerprint density at radius 2 is 0.392 bits per heavy atom. The third kappa shape index (κ3) is 26.5. The van der Waals surface area contributed by atoms with E-state index in [4.69, 9.17) is 75.8 Å². The summed E-state index contributed by atoms with van der Waals surface area (Å²) in [6.07, 6.45) is 1.54. The Kier molecular flexibility index (Phi) is 30.8. The Hall–Kier alpha value is -6.48. The van der Waals surface area contributed by atoms with Crippen molar-refractivity contribution in [2.45, 2.75) is 0 Å². The first kappa shape index (κ1) is 58.4. The Morgan fingerprint density at radius 3 is 0.595 bits per heavy atom. The number of rotatable bonds is 46. The van der Waals surface area contributed by atoms with Crippen molar-refractivity contribution in [3.05, 3.63) is 132 Å². The lowest BCUT2D eigenvalue weighted by molar-refractivity contribution is 0.00483. The van der Waals surface area contributed by atoms with Crippen molar-refractivity contribution < 1.29 is 85.4 Å². The molecule has 0 atom stereocenters. The lowest BCUT2D eigenvalue weighted by Crippen LogP contribution is -2.14. The molecule has 5 rings (SSSR count). The standard InChI is InChI=1S/C56H70O18/c57-45-47-5-1-3-7-55(47)73-43-35-65-33-41-71-53-17-13-51(14-18-53)69-39-31-63-27-23-59-21-25-61-29-37-67-49-9-11-50(12-10-49)68-38-30-62-26-22-60-24-28-64-32-40-70-52-15-19-54(20-16-52)72-42-34-66-36-44-74-56-8-4-2-6-48(56)46-58/h1-20,45-46H,21-44H2. The zero-order valence-electron chi connectivity index (χ0n) is 42.0. The van der Waals surface area contributed by atoms with Gasteiger partial charge in [-0.25, -0.2) is 0 Å². The van der Waals surface area contributed by atoms with Crippen LogP contribution in [-0.2, 0) is 37.9 Å². The van der Waals surface area contributed by atoms with E-state index in [9.17, 15) is 9.59 Å². The molecule has 0 unspecified atom stereocenters. The summed E-state index contributed by atoms with van der Waals surface area (Å²) in [4.78, 5) is 22.1. The van der Waals surface area contributed by atoms with Crippen molar-refractivity contribution in [3.8, 4) is 46.0 Å². The summed E-state index contributed by atoms with van der Waals surface area (Å²) >= 11 is 0. The van der Waals surface area contributed by atoms with E-state index in [-0.39, 0.29) is 0 Å². The van der Waals surface area contributed by atoms with Crippen LogP contribution in [0.4, 0.5) is 0 Å². The van der Waals surface area contributed by atoms with E-state index in [1.807, 2.05) is 84.9 Å². The lowest BCUT2D eigenvalue weighted by Gasteiger charge is -2.11. The highest BCUT2D eigenvalue weighted by molar-refractivity contribution is 5.79. The van der Waals surface area contributed by atoms with Crippen LogP contribution in [0, 0.1) is 0 Å². The van der Waals surface area contributed by atoms with Gasteiger partial charge in [0, 0.05) is 0 Å². The molecule has 0 radical (unpaired) electrons. The topological polar surface area (TPSA) is 182 Å². The quantitative estimate of drug-likeness (QED) is 0.0280. The molecule has 402 valence electrons. The summed E-state index contributed by atoms with van der Waals surface area (Å²) in [6.45, 7) is 10.1. The summed E-state index contributed by atoms with van der Waals surface area (Å²) in [5.41, 5.74) is 1.03. The zero-order valence-corrected chi connectivity index (χ0v) is 42.0. The molecule has 18 heteroatoms. The maximum atomic E-state index is 11.1. The maximum Gasteiger partial charge on any atom is 0.153 e. The van der Waals surface area contributed by atoms with Crippen molar-refractivity contribution >= 4 is 12.6 Å². The Balaban J connectivity index is 0.712. The molecule has 5 aromatic rings. The first-order chi connectivity index (χ1) is 36.7. The molecule has 0 heterocycles. The smallest absolute Gasteiger partial charge is 0.153 e. The van der Waals surface area contributed by atoms with E-state index >= 15 is 0 Å². The zero-order chi connectivity index (χ0) is 51.6. The van der Waals surface area contributed by atoms with Crippen LogP contribution in [0.3, 0.4) is 0 Å². The van der Waals surface area contributed by atoms with Gasteiger partial charge in [0.1, 0.15) is 98.9 Å². The van der Waals surface area contributed by atoms with Gasteiger partial charge in [-0.2, -0.15) is 0 Å². The predicted molar refractivity (Wildman–Crippen MR) is 273 cm³/mol. The first-order valence-corrected chi connectivity index (χ1v) is 24.7. The number of aldehydes is 2. The molecule has 0 fully saturated rings. The Labute approximate surface area is 433 Å². The SMILES string of the molecule is O=Cc1ccccc1OCCOCCOc1ccc(OCCOCCOCCOCCOc2ccc(OCCOCCOCCOCCOc3ccc(OCCOCCOc4ccccc4C=O)cc3)cc2)cc1. The molecular formula is C56H70O18. The molecule has 5 aromatic carbocycles. The van der Waals surface area contributed by atoms with E-state index in [1.165, 1.54) is 0 Å². The van der Waals surface area contributed by atoms with Crippen molar-refractivity contribution in [2.24, 2.45) is 0 Å². The van der Waals surface area contributed by atoms with Gasteiger partial charge >= 0.3 is 0 Å². The summed E-state index contributed by atoms with van der Waals surface area (Å²) in [7, 11) is 0. The average molecular weight is 1030 g/mol. The van der Waals surface area contributed by atoms with Gasteiger partial charge in [0.2, 0.25) is 0 Å². The van der Waals surface area contributed by atoms with Crippen molar-refractivity contribution in [1.29, 1.82) is 0 Å². The van der Waals surface area contributed by atoms with Crippen LogP contribution in [0.15, 0.2) is 121 Å². The first-order valence-electron chi connectivity index (χ1n) is 24.7. The predicted octanol–water partition coefficient (Wildman–Crippen LogP) is 7.28. The number of carbonyl (C=O) groups is 2. The highest BCUT2D eigenvalue weighted by atomic mass is 16.6. The second-order valence-corrected chi connectivity index (χ2v) is 15.4. The minimum atomic E-state index is 0.341. The normalized spacial score (nSPS) is 10.9. The van der Waals surface area contributed by atoms with Crippen LogP contribution < -0.4 is 37.9 Å². The third-order valence-electron chi connectivity index (χ3n) is 10.0. The van der Waals surface area contributed by atoms with Crippen LogP contribution in [0.25, 0.3) is 0 Å². The number of para-hydroxylation sites is 2. The van der Waals surface area contributed by atoms with Crippen LogP contribution in [-0.4, -0.2) is 171 Å². The van der Waals surface area contributed by atoms with Crippen LogP contribution in [0.5, 0.6) is 46.0 Å². The van der Waals surface area contributed by atoms with E-state index in [0.717, 1.165) is 35.6 Å². The number of carbonyl (C=O) groups excluding carboxylic acids is 2. The van der Waals surface area contributed by atoms with Crippen LogP contribution >= 0.6 is 0 Å². The molecule has 0 bridgehead atoms. The maximum absolute atomic E-state index is 11.1. The van der Waals surface area contributed by atoms with Gasteiger partial charge in [0.15, 0.2) is 12.6 Å². The monoisotopic (exact) mass is 1030 g/mol. The van der Waals surface area contributed by atoms with Gasteiger partial charge in [0.25, 0.3) is 0 Å². The number of hydrogen-bond acceptors (Lipinski definition) is 18. The van der Waals surface area contributed by atoms with Crippen molar-refractivity contribution in [1.82, 2.24) is 0 Å². The molecule has 0 aliphatic rings. The average Bonchev–Trinajstić information content (AvgIpc) is 3.44. The molecule has 0 aliphatic heterocycles. The van der Waals surface area contributed by atoms with Gasteiger partial charge < -0.3 is 75.8 Å². The third-order valence-corrected chi connectivity index (χ3v) is 10.0. The van der Waals surface area contributed by atoms with Gasteiger partial charge in [0.05, 0.1) is 117 Å². The minimum absolute atomic E-state index is 0.341. The summed E-state index contributed by atoms with van der Waals surface area (Å²) < 4.78 is 90.2. The Bertz CT molecular complexity index is 2020. The molecule has 0 aromatic heterocycles. The van der Waals surface area contributed by atoms with E-state index in [0.29, 0.717) is 193 Å². The second kappa shape index (κ2) is 39.0. The molecule has 0 aliphatic carbocycles. The highest BCUT2D eigenvalue weighted by Gasteiger charge is 2.05.